The van der Waals surface area contributed by atoms with E-state index >= 15 is 0 Å². The van der Waals surface area contributed by atoms with Crippen molar-refractivity contribution < 1.29 is 23.5 Å². The third-order valence-electron chi connectivity index (χ3n) is 4.86. The van der Waals surface area contributed by atoms with E-state index in [0.717, 1.165) is 17.3 Å². The van der Waals surface area contributed by atoms with Crippen molar-refractivity contribution in [3.63, 3.8) is 0 Å². The Morgan fingerprint density at radius 2 is 2.09 bits per heavy atom. The summed E-state index contributed by atoms with van der Waals surface area (Å²) in [6.07, 6.45) is 1.95. The van der Waals surface area contributed by atoms with E-state index in [9.17, 15) is 14.4 Å². The molecule has 0 unspecified atom stereocenters. The Hall–Kier alpha value is -3.40. The topological polar surface area (TPSA) is 114 Å². The van der Waals surface area contributed by atoms with Gasteiger partial charge in [0.1, 0.15) is 17.6 Å². The van der Waals surface area contributed by atoms with Crippen molar-refractivity contribution >= 4 is 46.2 Å². The van der Waals surface area contributed by atoms with Crippen LogP contribution < -0.4 is 5.32 Å². The Balaban J connectivity index is 1.45. The van der Waals surface area contributed by atoms with Crippen LogP contribution >= 0.6 is 11.8 Å². The van der Waals surface area contributed by atoms with Crippen LogP contribution in [0.2, 0.25) is 0 Å². The number of carbonyl (C=O) groups excluding carboxylic acids is 3. The summed E-state index contributed by atoms with van der Waals surface area (Å²) in [5, 5.41) is 3.15. The number of rotatable bonds is 8. The molecule has 9 nitrogen and oxygen atoms in total. The average molecular weight is 455 g/mol. The van der Waals surface area contributed by atoms with Crippen molar-refractivity contribution in [2.75, 3.05) is 12.4 Å². The third-order valence-corrected chi connectivity index (χ3v) is 5.77. The zero-order chi connectivity index (χ0) is 22.5. The summed E-state index contributed by atoms with van der Waals surface area (Å²) in [6, 6.07) is 10.2. The lowest BCUT2D eigenvalue weighted by Crippen LogP contribution is -2.41. The molecule has 1 aromatic heterocycles. The van der Waals surface area contributed by atoms with Crippen LogP contribution in [-0.2, 0) is 25.7 Å². The van der Waals surface area contributed by atoms with Crippen LogP contribution in [0.15, 0.2) is 57.1 Å². The summed E-state index contributed by atoms with van der Waals surface area (Å²) in [7, 11) is 0. The number of ether oxygens (including phenoxy) is 1. The number of carbonyl (C=O) groups is 3. The van der Waals surface area contributed by atoms with Crippen molar-refractivity contribution in [2.24, 2.45) is 9.98 Å². The number of thioether (sulfide) groups is 1. The van der Waals surface area contributed by atoms with Gasteiger partial charge in [-0.25, -0.2) is 9.89 Å². The molecule has 0 spiro atoms. The smallest absolute Gasteiger partial charge is 0.316 e. The molecule has 4 rings (SSSR count). The Labute approximate surface area is 188 Å². The van der Waals surface area contributed by atoms with Crippen molar-refractivity contribution in [2.45, 2.75) is 32.4 Å². The van der Waals surface area contributed by atoms with Gasteiger partial charge in [0.15, 0.2) is 5.17 Å². The molecule has 166 valence electrons. The number of nitrogens with zero attached hydrogens (tertiary/aromatic N) is 3. The molecule has 0 fully saturated rings. The Morgan fingerprint density at radius 3 is 2.88 bits per heavy atom. The molecular weight excluding hydrogens is 432 g/mol. The lowest BCUT2D eigenvalue weighted by Gasteiger charge is -2.25. The molecule has 0 radical (unpaired) electrons. The maximum atomic E-state index is 13.1. The predicted octanol–water partition coefficient (Wildman–Crippen LogP) is 2.63. The Morgan fingerprint density at radius 1 is 1.25 bits per heavy atom. The molecule has 1 N–H and O–H groups in total. The maximum absolute atomic E-state index is 13.1. The molecule has 2 aliphatic rings. The zero-order valence-electron chi connectivity index (χ0n) is 17.4. The first-order valence-corrected chi connectivity index (χ1v) is 11.2. The van der Waals surface area contributed by atoms with Crippen LogP contribution in [-0.4, -0.2) is 52.1 Å². The monoisotopic (exact) mass is 454 g/mol. The van der Waals surface area contributed by atoms with Gasteiger partial charge >= 0.3 is 5.97 Å². The summed E-state index contributed by atoms with van der Waals surface area (Å²) in [4.78, 5) is 47.8. The minimum Gasteiger partial charge on any atom is -0.467 e. The minimum absolute atomic E-state index is 0.0335. The van der Waals surface area contributed by atoms with Gasteiger partial charge in [-0.3, -0.25) is 19.4 Å². The molecule has 2 aliphatic heterocycles. The number of hydrogen-bond donors (Lipinski definition) is 1. The lowest BCUT2D eigenvalue weighted by molar-refractivity contribution is -0.139. The predicted molar refractivity (Wildman–Crippen MR) is 120 cm³/mol. The van der Waals surface area contributed by atoms with Crippen LogP contribution in [0.5, 0.6) is 0 Å². The number of hydrogen-bond acceptors (Lipinski definition) is 8. The number of amides is 2. The van der Waals surface area contributed by atoms with E-state index in [0.29, 0.717) is 29.0 Å². The summed E-state index contributed by atoms with van der Waals surface area (Å²) in [5.74, 6) is 0.352. The quantitative estimate of drug-likeness (QED) is 0.614. The van der Waals surface area contributed by atoms with Gasteiger partial charge in [-0.2, -0.15) is 0 Å². The molecule has 0 saturated heterocycles. The first kappa shape index (κ1) is 21.8. The zero-order valence-corrected chi connectivity index (χ0v) is 18.3. The van der Waals surface area contributed by atoms with E-state index in [4.69, 9.17) is 9.15 Å². The van der Waals surface area contributed by atoms with E-state index in [2.05, 4.69) is 15.3 Å². The van der Waals surface area contributed by atoms with E-state index in [1.165, 1.54) is 4.90 Å². The van der Waals surface area contributed by atoms with Gasteiger partial charge in [0, 0.05) is 12.0 Å². The van der Waals surface area contributed by atoms with Gasteiger partial charge in [-0.05, 0) is 37.6 Å². The normalized spacial score (nSPS) is 16.7. The highest BCUT2D eigenvalue weighted by molar-refractivity contribution is 8.14. The molecule has 0 aliphatic carbocycles. The minimum atomic E-state index is -0.695. The fourth-order valence-electron chi connectivity index (χ4n) is 3.37. The molecule has 32 heavy (non-hydrogen) atoms. The number of benzene rings is 1. The highest BCUT2D eigenvalue weighted by Gasteiger charge is 2.41. The second-order valence-corrected chi connectivity index (χ2v) is 7.98. The average Bonchev–Trinajstić information content (AvgIpc) is 3.43. The number of para-hydroxylation sites is 1. The van der Waals surface area contributed by atoms with Crippen LogP contribution in [0.25, 0.3) is 0 Å². The third kappa shape index (κ3) is 4.75. The van der Waals surface area contributed by atoms with Crippen LogP contribution in [0, 0.1) is 0 Å². The van der Waals surface area contributed by atoms with Gasteiger partial charge in [0.2, 0.25) is 5.91 Å². The number of aliphatic imine (C=N–C) groups is 2. The fourth-order valence-corrected chi connectivity index (χ4v) is 4.17. The van der Waals surface area contributed by atoms with Crippen LogP contribution in [0.1, 0.15) is 31.1 Å². The fraction of sp³-hybridized carbons (Fsp3) is 0.318. The summed E-state index contributed by atoms with van der Waals surface area (Å²) < 4.78 is 10.2. The molecule has 1 atom stereocenters. The van der Waals surface area contributed by atoms with Gasteiger partial charge in [-0.1, -0.05) is 23.9 Å². The molecule has 0 bridgehead atoms. The highest BCUT2D eigenvalue weighted by atomic mass is 32.2. The Kier molecular flexibility index (Phi) is 6.69. The number of nitrogens with one attached hydrogen (secondary N) is 1. The van der Waals surface area contributed by atoms with E-state index in [-0.39, 0.29) is 43.0 Å². The van der Waals surface area contributed by atoms with Crippen molar-refractivity contribution in [3.8, 4) is 0 Å². The van der Waals surface area contributed by atoms with Crippen molar-refractivity contribution in [3.05, 3.63) is 54.0 Å². The number of fused-ring (bicyclic) bond motifs is 3. The molecular formula is C22H22N4O5S. The SMILES string of the molecule is CCOC(=O)CSC1=Nc2ccccc2C2=N[C@@H](CCC(=O)NCc3ccco3)C(=O)N12. The number of esters is 1. The van der Waals surface area contributed by atoms with E-state index in [1.807, 2.05) is 24.3 Å². The van der Waals surface area contributed by atoms with Gasteiger partial charge in [0.25, 0.3) is 5.91 Å². The first-order valence-electron chi connectivity index (χ1n) is 10.2. The van der Waals surface area contributed by atoms with Crippen molar-refractivity contribution in [1.29, 1.82) is 0 Å². The highest BCUT2D eigenvalue weighted by Crippen LogP contribution is 2.34. The number of furan rings is 1. The van der Waals surface area contributed by atoms with Crippen LogP contribution in [0.3, 0.4) is 0 Å². The lowest BCUT2D eigenvalue weighted by atomic mass is 10.1. The standard InChI is InChI=1S/C22H22N4O5S/c1-2-30-19(28)13-32-22-25-16-8-4-3-7-15(16)20-24-17(21(29)26(20)22)9-10-18(27)23-12-14-6-5-11-31-14/h3-8,11,17H,2,9-10,12-13H2,1H3,(H,23,27)/t17-/m0/s1. The second-order valence-electron chi connectivity index (χ2n) is 7.04. The Bertz CT molecular complexity index is 1080. The maximum Gasteiger partial charge on any atom is 0.316 e. The van der Waals surface area contributed by atoms with Gasteiger partial charge in [0.05, 0.1) is 30.9 Å². The van der Waals surface area contributed by atoms with Crippen molar-refractivity contribution in [1.82, 2.24) is 10.2 Å². The summed E-state index contributed by atoms with van der Waals surface area (Å²) >= 11 is 1.13. The summed E-state index contributed by atoms with van der Waals surface area (Å²) in [5.41, 5.74) is 1.42. The van der Waals surface area contributed by atoms with Gasteiger partial charge < -0.3 is 14.5 Å². The van der Waals surface area contributed by atoms with E-state index in [1.54, 1.807) is 25.3 Å². The molecule has 1 aromatic carbocycles. The molecule has 0 saturated carbocycles. The van der Waals surface area contributed by atoms with E-state index < -0.39 is 6.04 Å². The van der Waals surface area contributed by atoms with Gasteiger partial charge in [-0.15, -0.1) is 0 Å². The summed E-state index contributed by atoms with van der Waals surface area (Å²) in [6.45, 7) is 2.31. The second kappa shape index (κ2) is 9.82. The number of amidine groups is 2. The molecule has 3 heterocycles. The first-order chi connectivity index (χ1) is 15.6. The van der Waals surface area contributed by atoms with Crippen LogP contribution in [0.4, 0.5) is 5.69 Å². The molecule has 2 aromatic rings. The molecule has 10 heteroatoms. The largest absolute Gasteiger partial charge is 0.467 e. The molecule has 2 amide bonds.